The minimum atomic E-state index is -4.83. The third-order valence-electron chi connectivity index (χ3n) is 4.45. The molecule has 0 aliphatic carbocycles. The maximum Gasteiger partial charge on any atom is 0.573 e. The molecule has 1 saturated heterocycles. The predicted octanol–water partition coefficient (Wildman–Crippen LogP) is 1.07. The first-order valence-electron chi connectivity index (χ1n) is 9.34. The number of aromatic amines is 1. The molecule has 1 aliphatic heterocycles. The molecular weight excluding hydrogens is 435 g/mol. The van der Waals surface area contributed by atoms with Gasteiger partial charge in [-0.2, -0.15) is 4.98 Å². The summed E-state index contributed by atoms with van der Waals surface area (Å²) in [6.07, 6.45) is -2.79. The highest BCUT2D eigenvalue weighted by atomic mass is 19.4. The van der Waals surface area contributed by atoms with E-state index in [4.69, 9.17) is 15.2 Å². The van der Waals surface area contributed by atoms with Crippen molar-refractivity contribution in [3.63, 3.8) is 0 Å². The van der Waals surface area contributed by atoms with E-state index in [-0.39, 0.29) is 48.7 Å². The number of aliphatic hydroxyl groups excluding tert-OH is 1. The first kappa shape index (κ1) is 23.3. The van der Waals surface area contributed by atoms with Gasteiger partial charge in [-0.1, -0.05) is 17.9 Å². The summed E-state index contributed by atoms with van der Waals surface area (Å²) in [5.74, 6) is 5.11. The molecule has 4 N–H and O–H groups in total. The van der Waals surface area contributed by atoms with E-state index in [0.29, 0.717) is 6.42 Å². The van der Waals surface area contributed by atoms with Crippen molar-refractivity contribution in [2.24, 2.45) is 4.99 Å². The molecule has 13 heteroatoms. The number of ether oxygens (including phenoxy) is 3. The van der Waals surface area contributed by atoms with E-state index in [2.05, 4.69) is 38.1 Å². The molecule has 0 spiro atoms. The summed E-state index contributed by atoms with van der Waals surface area (Å²) >= 11 is 0. The molecule has 10 nitrogen and oxygen atoms in total. The summed E-state index contributed by atoms with van der Waals surface area (Å²) in [5, 5.41) is 9.72. The number of nitrogens with one attached hydrogen (secondary N) is 1. The third-order valence-corrected chi connectivity index (χ3v) is 4.45. The number of alkyl halides is 3. The van der Waals surface area contributed by atoms with Gasteiger partial charge >= 0.3 is 6.36 Å². The largest absolute Gasteiger partial charge is 0.573 e. The number of hydrogen-bond donors (Lipinski definition) is 3. The monoisotopic (exact) mass is 455 g/mol. The number of nitrogens with two attached hydrogens (primary N) is 1. The number of nitrogens with zero attached hydrogens (tertiary/aromatic N) is 3. The lowest BCUT2D eigenvalue weighted by atomic mass is 10.2. The van der Waals surface area contributed by atoms with E-state index in [0.717, 1.165) is 0 Å². The number of anilines is 1. The van der Waals surface area contributed by atoms with Gasteiger partial charge in [-0.3, -0.25) is 9.78 Å². The lowest BCUT2D eigenvalue weighted by molar-refractivity contribution is -0.280. The van der Waals surface area contributed by atoms with Gasteiger partial charge in [-0.15, -0.1) is 19.8 Å². The molecule has 0 saturated carbocycles. The lowest BCUT2D eigenvalue weighted by Gasteiger charge is -2.15. The van der Waals surface area contributed by atoms with Gasteiger partial charge in [0.2, 0.25) is 5.95 Å². The maximum atomic E-state index is 12.5. The zero-order valence-electron chi connectivity index (χ0n) is 16.6. The zero-order valence-corrected chi connectivity index (χ0v) is 16.6. The van der Waals surface area contributed by atoms with Crippen LogP contribution in [-0.2, 0) is 14.2 Å². The molecule has 3 heterocycles. The highest BCUT2D eigenvalue weighted by Crippen LogP contribution is 2.33. The smallest absolute Gasteiger partial charge is 0.395 e. The second kappa shape index (κ2) is 9.86. The normalized spacial score (nSPS) is 21.1. The van der Waals surface area contributed by atoms with Gasteiger partial charge < -0.3 is 29.6 Å². The zero-order chi connectivity index (χ0) is 23.3. The highest BCUT2D eigenvalue weighted by Gasteiger charge is 2.37. The average Bonchev–Trinajstić information content (AvgIpc) is 3.29. The molecule has 0 radical (unpaired) electrons. The SMILES string of the molecule is C=CCOC1CC(n2cc(C#CCN=COC(F)(F)F)c3c(=O)[nH]c(N)nc32)OC1CO. The van der Waals surface area contributed by atoms with Gasteiger partial charge in [-0.05, 0) is 0 Å². The standard InChI is InChI=1S/C19H20F3N5O5/c1-2-6-30-12-7-14(32-13(12)9-28)27-8-11(4-3-5-24-10-31-19(20,21)22)15-16(27)25-18(23)26-17(15)29/h2,8,10,12-14,28H,1,5-7,9H2,(H3,23,25,26,29). The average molecular weight is 455 g/mol. The Balaban J connectivity index is 1.90. The second-order valence-electron chi connectivity index (χ2n) is 6.62. The van der Waals surface area contributed by atoms with Gasteiger partial charge in [0.1, 0.15) is 18.9 Å². The van der Waals surface area contributed by atoms with E-state index >= 15 is 0 Å². The Kier molecular flexibility index (Phi) is 7.18. The molecule has 3 rings (SSSR count). The molecule has 0 amide bonds. The maximum absolute atomic E-state index is 12.5. The van der Waals surface area contributed by atoms with Crippen molar-refractivity contribution in [3.05, 3.63) is 34.8 Å². The molecular formula is C19H20F3N5O5. The Morgan fingerprint density at radius 3 is 3.00 bits per heavy atom. The minimum absolute atomic E-state index is 0.119. The summed E-state index contributed by atoms with van der Waals surface area (Å²) in [7, 11) is 0. The Bertz CT molecular complexity index is 1110. The number of hydrogen-bond acceptors (Lipinski definition) is 8. The van der Waals surface area contributed by atoms with E-state index in [1.54, 1.807) is 10.6 Å². The van der Waals surface area contributed by atoms with Gasteiger partial charge in [0.05, 0.1) is 30.3 Å². The highest BCUT2D eigenvalue weighted by molar-refractivity contribution is 5.83. The van der Waals surface area contributed by atoms with Crippen molar-refractivity contribution >= 4 is 23.4 Å². The number of rotatable bonds is 7. The van der Waals surface area contributed by atoms with E-state index < -0.39 is 30.4 Å². The molecule has 2 aromatic heterocycles. The molecule has 1 aliphatic rings. The van der Waals surface area contributed by atoms with Crippen molar-refractivity contribution in [1.82, 2.24) is 14.5 Å². The first-order chi connectivity index (χ1) is 15.2. The Morgan fingerprint density at radius 1 is 1.53 bits per heavy atom. The number of aromatic nitrogens is 3. The molecule has 0 aromatic carbocycles. The Labute approximate surface area is 179 Å². The fraction of sp³-hybridized carbons (Fsp3) is 0.421. The van der Waals surface area contributed by atoms with Crippen LogP contribution in [0.5, 0.6) is 0 Å². The number of fused-ring (bicyclic) bond motifs is 1. The van der Waals surface area contributed by atoms with Crippen LogP contribution < -0.4 is 11.3 Å². The van der Waals surface area contributed by atoms with Crippen LogP contribution in [0.1, 0.15) is 18.2 Å². The lowest BCUT2D eigenvalue weighted by Crippen LogP contribution is -2.27. The van der Waals surface area contributed by atoms with Crippen molar-refractivity contribution in [3.8, 4) is 11.8 Å². The molecule has 2 aromatic rings. The first-order valence-corrected chi connectivity index (χ1v) is 9.34. The quantitative estimate of drug-likeness (QED) is 0.246. The van der Waals surface area contributed by atoms with Crippen molar-refractivity contribution in [2.75, 3.05) is 25.5 Å². The van der Waals surface area contributed by atoms with Crippen molar-refractivity contribution in [2.45, 2.75) is 31.2 Å². The fourth-order valence-electron chi connectivity index (χ4n) is 3.20. The topological polar surface area (TPSA) is 137 Å². The van der Waals surface area contributed by atoms with Gasteiger partial charge in [0, 0.05) is 12.6 Å². The third kappa shape index (κ3) is 5.47. The van der Waals surface area contributed by atoms with Gasteiger partial charge in [0.25, 0.3) is 5.56 Å². The van der Waals surface area contributed by atoms with Crippen molar-refractivity contribution in [1.29, 1.82) is 0 Å². The number of aliphatic imine (C=N–C) groups is 1. The van der Waals surface area contributed by atoms with Crippen LogP contribution in [0.15, 0.2) is 28.6 Å². The minimum Gasteiger partial charge on any atom is -0.395 e. The predicted molar refractivity (Wildman–Crippen MR) is 108 cm³/mol. The number of aliphatic hydroxyl groups is 1. The van der Waals surface area contributed by atoms with Gasteiger partial charge in [0.15, 0.2) is 12.0 Å². The van der Waals surface area contributed by atoms with Crippen LogP contribution in [0, 0.1) is 11.8 Å². The Morgan fingerprint density at radius 2 is 2.31 bits per heavy atom. The van der Waals surface area contributed by atoms with Crippen LogP contribution in [0.4, 0.5) is 19.1 Å². The van der Waals surface area contributed by atoms with E-state index in [1.807, 2.05) is 0 Å². The fourth-order valence-corrected chi connectivity index (χ4v) is 3.20. The van der Waals surface area contributed by atoms with Crippen LogP contribution >= 0.6 is 0 Å². The van der Waals surface area contributed by atoms with Crippen LogP contribution in [0.3, 0.4) is 0 Å². The molecule has 1 fully saturated rings. The summed E-state index contributed by atoms with van der Waals surface area (Å²) in [5.41, 5.74) is 5.58. The molecule has 0 bridgehead atoms. The van der Waals surface area contributed by atoms with Crippen LogP contribution in [0.2, 0.25) is 0 Å². The second-order valence-corrected chi connectivity index (χ2v) is 6.62. The molecule has 3 atom stereocenters. The molecule has 172 valence electrons. The summed E-state index contributed by atoms with van der Waals surface area (Å²) in [6.45, 7) is 3.28. The van der Waals surface area contributed by atoms with Gasteiger partial charge in [-0.25, -0.2) is 4.99 Å². The van der Waals surface area contributed by atoms with Crippen molar-refractivity contribution < 1.29 is 32.5 Å². The number of halogens is 3. The van der Waals surface area contributed by atoms with Crippen LogP contribution in [0.25, 0.3) is 11.0 Å². The van der Waals surface area contributed by atoms with E-state index in [1.165, 1.54) is 6.20 Å². The summed E-state index contributed by atoms with van der Waals surface area (Å²) in [6, 6.07) is 0. The molecule has 32 heavy (non-hydrogen) atoms. The Hall–Kier alpha value is -3.34. The molecule has 3 unspecified atom stereocenters. The summed E-state index contributed by atoms with van der Waals surface area (Å²) in [4.78, 5) is 22.4. The van der Waals surface area contributed by atoms with E-state index in [9.17, 15) is 23.1 Å². The number of H-pyrrole nitrogens is 1. The number of nitrogen functional groups attached to an aromatic ring is 1. The van der Waals surface area contributed by atoms with Crippen LogP contribution in [-0.4, -0.2) is 64.4 Å². The summed E-state index contributed by atoms with van der Waals surface area (Å²) < 4.78 is 52.3.